The summed E-state index contributed by atoms with van der Waals surface area (Å²) < 4.78 is 6.32. The number of thiophene rings is 1. The molecule has 0 aliphatic heterocycles. The summed E-state index contributed by atoms with van der Waals surface area (Å²) in [6.07, 6.45) is 0.897. The van der Waals surface area contributed by atoms with Crippen molar-refractivity contribution in [3.05, 3.63) is 50.7 Å². The van der Waals surface area contributed by atoms with Crippen LogP contribution in [0.3, 0.4) is 0 Å². The molecule has 2 aromatic rings. The fourth-order valence-corrected chi connectivity index (χ4v) is 3.56. The van der Waals surface area contributed by atoms with Crippen molar-refractivity contribution in [1.29, 1.82) is 0 Å². The zero-order valence-electron chi connectivity index (χ0n) is 12.1. The van der Waals surface area contributed by atoms with Crippen LogP contribution in [0.5, 0.6) is 5.75 Å². The van der Waals surface area contributed by atoms with Gasteiger partial charge in [-0.25, -0.2) is 0 Å². The van der Waals surface area contributed by atoms with Crippen molar-refractivity contribution in [2.45, 2.75) is 26.3 Å². The van der Waals surface area contributed by atoms with E-state index < -0.39 is 0 Å². The number of ether oxygens (including phenoxy) is 1. The number of para-hydroxylation sites is 1. The Balaban J connectivity index is 2.25. The number of likely N-dealkylation sites (N-methyl/N-ethyl adjacent to an activating group) is 1. The molecule has 0 bridgehead atoms. The zero-order chi connectivity index (χ0) is 14.5. The van der Waals surface area contributed by atoms with Crippen LogP contribution in [0.15, 0.2) is 30.3 Å². The number of hydrogen-bond donors (Lipinski definition) is 1. The lowest BCUT2D eigenvalue weighted by Crippen LogP contribution is -2.22. The second kappa shape index (κ2) is 7.11. The van der Waals surface area contributed by atoms with Gasteiger partial charge < -0.3 is 10.1 Å². The lowest BCUT2D eigenvalue weighted by atomic mass is 10.0. The highest BCUT2D eigenvalue weighted by Gasteiger charge is 2.17. The van der Waals surface area contributed by atoms with E-state index in [-0.39, 0.29) is 6.04 Å². The van der Waals surface area contributed by atoms with Crippen molar-refractivity contribution in [3.63, 3.8) is 0 Å². The summed E-state index contributed by atoms with van der Waals surface area (Å²) in [4.78, 5) is 1.28. The maximum absolute atomic E-state index is 6.20. The lowest BCUT2D eigenvalue weighted by Gasteiger charge is -2.18. The zero-order valence-corrected chi connectivity index (χ0v) is 13.6. The highest BCUT2D eigenvalue weighted by Crippen LogP contribution is 2.33. The van der Waals surface area contributed by atoms with Gasteiger partial charge in [0.15, 0.2) is 0 Å². The molecule has 20 heavy (non-hydrogen) atoms. The van der Waals surface area contributed by atoms with E-state index in [1.165, 1.54) is 10.4 Å². The molecule has 1 aromatic carbocycles. The molecule has 0 spiro atoms. The summed E-state index contributed by atoms with van der Waals surface area (Å²) in [5, 5.41) is 3.54. The van der Waals surface area contributed by atoms with Gasteiger partial charge in [-0.1, -0.05) is 36.7 Å². The van der Waals surface area contributed by atoms with Gasteiger partial charge in [-0.15, -0.1) is 11.3 Å². The number of nitrogens with one attached hydrogen (secondary N) is 1. The molecule has 0 amide bonds. The maximum Gasteiger partial charge on any atom is 0.122 e. The van der Waals surface area contributed by atoms with Crippen LogP contribution in [0.25, 0.3) is 0 Å². The van der Waals surface area contributed by atoms with Gasteiger partial charge in [-0.05, 0) is 43.1 Å². The molecule has 0 radical (unpaired) electrons. The summed E-state index contributed by atoms with van der Waals surface area (Å²) in [6, 6.07) is 10.6. The number of hydrogen-bond acceptors (Lipinski definition) is 3. The molecule has 0 aliphatic carbocycles. The Morgan fingerprint density at radius 3 is 2.70 bits per heavy atom. The topological polar surface area (TPSA) is 21.3 Å². The number of aryl methyl sites for hydroxylation is 1. The van der Waals surface area contributed by atoms with Crippen LogP contribution in [-0.4, -0.2) is 13.7 Å². The van der Waals surface area contributed by atoms with E-state index in [0.29, 0.717) is 0 Å². The predicted molar refractivity (Wildman–Crippen MR) is 87.2 cm³/mol. The molecule has 2 rings (SSSR count). The first-order valence-corrected chi connectivity index (χ1v) is 7.96. The Labute approximate surface area is 129 Å². The van der Waals surface area contributed by atoms with E-state index in [4.69, 9.17) is 16.3 Å². The summed E-state index contributed by atoms with van der Waals surface area (Å²) in [7, 11) is 1.72. The third-order valence-corrected chi connectivity index (χ3v) is 4.96. The molecule has 0 fully saturated rings. The van der Waals surface area contributed by atoms with Crippen LogP contribution in [0, 0.1) is 6.92 Å². The molecule has 108 valence electrons. The van der Waals surface area contributed by atoms with Gasteiger partial charge in [-0.2, -0.15) is 0 Å². The average Bonchev–Trinajstić information content (AvgIpc) is 2.79. The molecule has 0 saturated heterocycles. The minimum atomic E-state index is 0.271. The minimum absolute atomic E-state index is 0.271. The van der Waals surface area contributed by atoms with Crippen molar-refractivity contribution < 1.29 is 4.74 Å². The quantitative estimate of drug-likeness (QED) is 0.841. The number of halogens is 1. The molecule has 1 N–H and O–H groups in total. The van der Waals surface area contributed by atoms with Gasteiger partial charge in [0.1, 0.15) is 5.75 Å². The number of methoxy groups -OCH3 is 1. The molecule has 4 heteroatoms. The molecule has 1 aromatic heterocycles. The molecular weight excluding hydrogens is 290 g/mol. The van der Waals surface area contributed by atoms with Gasteiger partial charge >= 0.3 is 0 Å². The Morgan fingerprint density at radius 1 is 1.35 bits per heavy atom. The first-order chi connectivity index (χ1) is 9.65. The molecule has 1 heterocycles. The first-order valence-electron chi connectivity index (χ1n) is 6.76. The normalized spacial score (nSPS) is 12.4. The average molecular weight is 310 g/mol. The number of rotatable bonds is 6. The van der Waals surface area contributed by atoms with E-state index in [9.17, 15) is 0 Å². The second-order valence-corrected chi connectivity index (χ2v) is 6.42. The van der Waals surface area contributed by atoms with Gasteiger partial charge in [-0.3, -0.25) is 0 Å². The maximum atomic E-state index is 6.20. The monoisotopic (exact) mass is 309 g/mol. The lowest BCUT2D eigenvalue weighted by molar-refractivity contribution is 0.406. The SMILES string of the molecule is CCNC(Cc1ccccc1OC)c1cc(C)c(Cl)s1. The van der Waals surface area contributed by atoms with Gasteiger partial charge in [0.05, 0.1) is 11.4 Å². The van der Waals surface area contributed by atoms with Crippen molar-refractivity contribution in [1.82, 2.24) is 5.32 Å². The number of benzene rings is 1. The first kappa shape index (κ1) is 15.4. The smallest absolute Gasteiger partial charge is 0.122 e. The molecular formula is C16H20ClNOS. The van der Waals surface area contributed by atoms with Crippen molar-refractivity contribution in [3.8, 4) is 5.75 Å². The Bertz CT molecular complexity index is 548. The van der Waals surface area contributed by atoms with Gasteiger partial charge in [0.25, 0.3) is 0 Å². The van der Waals surface area contributed by atoms with Gasteiger partial charge in [0.2, 0.25) is 0 Å². The van der Waals surface area contributed by atoms with E-state index in [1.54, 1.807) is 18.4 Å². The summed E-state index contributed by atoms with van der Waals surface area (Å²) in [6.45, 7) is 5.10. The van der Waals surface area contributed by atoms with Crippen LogP contribution in [0.2, 0.25) is 4.34 Å². The molecule has 1 atom stereocenters. The van der Waals surface area contributed by atoms with Crippen LogP contribution in [0.4, 0.5) is 0 Å². The molecule has 0 saturated carbocycles. The fraction of sp³-hybridized carbons (Fsp3) is 0.375. The summed E-state index contributed by atoms with van der Waals surface area (Å²) >= 11 is 7.86. The highest BCUT2D eigenvalue weighted by molar-refractivity contribution is 7.16. The Morgan fingerprint density at radius 2 is 2.10 bits per heavy atom. The third kappa shape index (κ3) is 3.54. The molecule has 2 nitrogen and oxygen atoms in total. The van der Waals surface area contributed by atoms with Crippen molar-refractivity contribution in [2.24, 2.45) is 0 Å². The minimum Gasteiger partial charge on any atom is -0.496 e. The van der Waals surface area contributed by atoms with Crippen LogP contribution < -0.4 is 10.1 Å². The Kier molecular flexibility index (Phi) is 5.46. The summed E-state index contributed by atoms with van der Waals surface area (Å²) in [5.41, 5.74) is 2.36. The second-order valence-electron chi connectivity index (χ2n) is 4.73. The van der Waals surface area contributed by atoms with E-state index in [1.807, 2.05) is 18.2 Å². The van der Waals surface area contributed by atoms with Crippen LogP contribution >= 0.6 is 22.9 Å². The predicted octanol–water partition coefficient (Wildman–Crippen LogP) is 4.61. The fourth-order valence-electron chi connectivity index (χ4n) is 2.27. The molecule has 1 unspecified atom stereocenters. The van der Waals surface area contributed by atoms with E-state index in [0.717, 1.165) is 28.6 Å². The standard InChI is InChI=1S/C16H20ClNOS/c1-4-18-13(15-9-11(2)16(17)20-15)10-12-7-5-6-8-14(12)19-3/h5-9,13,18H,4,10H2,1-3H3. The third-order valence-electron chi connectivity index (χ3n) is 3.29. The van der Waals surface area contributed by atoms with Gasteiger partial charge in [0, 0.05) is 10.9 Å². The summed E-state index contributed by atoms with van der Waals surface area (Å²) in [5.74, 6) is 0.940. The van der Waals surface area contributed by atoms with Crippen LogP contribution in [0.1, 0.15) is 29.0 Å². The van der Waals surface area contributed by atoms with Crippen molar-refractivity contribution in [2.75, 3.05) is 13.7 Å². The van der Waals surface area contributed by atoms with Crippen LogP contribution in [-0.2, 0) is 6.42 Å². The Hall–Kier alpha value is -1.03. The van der Waals surface area contributed by atoms with Crippen molar-refractivity contribution >= 4 is 22.9 Å². The van der Waals surface area contributed by atoms with E-state index in [2.05, 4.69) is 31.3 Å². The van der Waals surface area contributed by atoms with E-state index >= 15 is 0 Å². The highest BCUT2D eigenvalue weighted by atomic mass is 35.5. The molecule has 0 aliphatic rings. The largest absolute Gasteiger partial charge is 0.496 e.